The highest BCUT2D eigenvalue weighted by atomic mass is 16.3. The molecule has 0 aromatic heterocycles. The monoisotopic (exact) mass is 213 g/mol. The molecule has 1 saturated carbocycles. The minimum absolute atomic E-state index is 0.526. The Morgan fingerprint density at radius 2 is 1.87 bits per heavy atom. The maximum Gasteiger partial charge on any atom is 0.0603 e. The van der Waals surface area contributed by atoms with Gasteiger partial charge >= 0.3 is 0 Å². The van der Waals surface area contributed by atoms with E-state index in [4.69, 9.17) is 0 Å². The Bertz CT molecular complexity index is 177. The van der Waals surface area contributed by atoms with Crippen molar-refractivity contribution in [2.24, 2.45) is 5.41 Å². The molecule has 2 heteroatoms. The first-order valence-electron chi connectivity index (χ1n) is 6.41. The summed E-state index contributed by atoms with van der Waals surface area (Å²) in [6.45, 7) is 8.13. The van der Waals surface area contributed by atoms with Gasteiger partial charge in [0.2, 0.25) is 0 Å². The lowest BCUT2D eigenvalue weighted by Crippen LogP contribution is -2.34. The van der Waals surface area contributed by atoms with E-state index in [-0.39, 0.29) is 0 Å². The Labute approximate surface area is 94.5 Å². The Morgan fingerprint density at radius 1 is 1.27 bits per heavy atom. The van der Waals surface area contributed by atoms with E-state index >= 15 is 0 Å². The second-order valence-electron chi connectivity index (χ2n) is 5.80. The summed E-state index contributed by atoms with van der Waals surface area (Å²) in [5.41, 5.74) is 0.0433. The molecule has 15 heavy (non-hydrogen) atoms. The molecule has 0 radical (unpaired) electrons. The van der Waals surface area contributed by atoms with Crippen LogP contribution in [0.4, 0.5) is 0 Å². The molecule has 1 aliphatic rings. The number of hydrogen-bond acceptors (Lipinski definition) is 2. The molecule has 0 atom stereocenters. The molecule has 0 saturated heterocycles. The van der Waals surface area contributed by atoms with E-state index in [1.807, 2.05) is 13.8 Å². The minimum Gasteiger partial charge on any atom is -0.390 e. The van der Waals surface area contributed by atoms with Gasteiger partial charge in [-0.05, 0) is 51.5 Å². The molecule has 0 unspecified atom stereocenters. The summed E-state index contributed by atoms with van der Waals surface area (Å²) < 4.78 is 0. The highest BCUT2D eigenvalue weighted by molar-refractivity contribution is 4.85. The second-order valence-corrected chi connectivity index (χ2v) is 5.80. The lowest BCUT2D eigenvalue weighted by atomic mass is 9.83. The van der Waals surface area contributed by atoms with E-state index in [0.29, 0.717) is 5.41 Å². The molecule has 0 aromatic carbocycles. The van der Waals surface area contributed by atoms with E-state index in [1.54, 1.807) is 0 Å². The van der Waals surface area contributed by atoms with Gasteiger partial charge in [0.05, 0.1) is 5.60 Å². The largest absolute Gasteiger partial charge is 0.390 e. The minimum atomic E-state index is -0.526. The van der Waals surface area contributed by atoms with Crippen LogP contribution in [0.15, 0.2) is 0 Å². The molecular formula is C13H27NO. The van der Waals surface area contributed by atoms with Crippen LogP contribution in [-0.2, 0) is 0 Å². The first-order chi connectivity index (χ1) is 6.97. The van der Waals surface area contributed by atoms with Crippen molar-refractivity contribution in [3.05, 3.63) is 0 Å². The quantitative estimate of drug-likeness (QED) is 0.665. The van der Waals surface area contributed by atoms with Crippen molar-refractivity contribution in [1.29, 1.82) is 0 Å². The molecule has 1 rings (SSSR count). The van der Waals surface area contributed by atoms with Gasteiger partial charge in [-0.15, -0.1) is 0 Å². The molecule has 2 nitrogen and oxygen atoms in total. The fourth-order valence-electron chi connectivity index (χ4n) is 2.53. The zero-order chi connectivity index (χ0) is 11.4. The maximum atomic E-state index is 9.59. The summed E-state index contributed by atoms with van der Waals surface area (Å²) >= 11 is 0. The summed E-state index contributed by atoms with van der Waals surface area (Å²) in [6, 6.07) is 0. The number of hydrogen-bond donors (Lipinski definition) is 2. The number of rotatable bonds is 6. The van der Waals surface area contributed by atoms with E-state index in [0.717, 1.165) is 19.5 Å². The van der Waals surface area contributed by atoms with Crippen LogP contribution < -0.4 is 5.32 Å². The molecule has 0 spiro atoms. The van der Waals surface area contributed by atoms with E-state index in [1.165, 1.54) is 32.1 Å². The van der Waals surface area contributed by atoms with Crippen LogP contribution in [0, 0.1) is 5.41 Å². The predicted octanol–water partition coefficient (Wildman–Crippen LogP) is 2.71. The van der Waals surface area contributed by atoms with Gasteiger partial charge in [-0.25, -0.2) is 0 Å². The fourth-order valence-corrected chi connectivity index (χ4v) is 2.53. The molecule has 0 bridgehead atoms. The van der Waals surface area contributed by atoms with Crippen LogP contribution in [0.25, 0.3) is 0 Å². The smallest absolute Gasteiger partial charge is 0.0603 e. The van der Waals surface area contributed by atoms with Gasteiger partial charge in [-0.2, -0.15) is 0 Å². The van der Waals surface area contributed by atoms with Crippen molar-refractivity contribution in [3.8, 4) is 0 Å². The van der Waals surface area contributed by atoms with Crippen LogP contribution in [0.1, 0.15) is 59.3 Å². The normalized spacial score (nSPS) is 20.8. The van der Waals surface area contributed by atoms with Crippen LogP contribution in [0.2, 0.25) is 0 Å². The standard InChI is InChI=1S/C13H27NO/c1-4-13(7-5-6-8-13)11-14-10-9-12(2,3)15/h14-15H,4-11H2,1-3H3. The van der Waals surface area contributed by atoms with E-state index in [9.17, 15) is 5.11 Å². The SMILES string of the molecule is CCC1(CNCCC(C)(C)O)CCCC1. The lowest BCUT2D eigenvalue weighted by molar-refractivity contribution is 0.0700. The van der Waals surface area contributed by atoms with Crippen LogP contribution in [0.5, 0.6) is 0 Å². The van der Waals surface area contributed by atoms with E-state index in [2.05, 4.69) is 12.2 Å². The van der Waals surface area contributed by atoms with Crippen LogP contribution >= 0.6 is 0 Å². The molecule has 0 aliphatic heterocycles. The van der Waals surface area contributed by atoms with Gasteiger partial charge in [0.1, 0.15) is 0 Å². The third kappa shape index (κ3) is 4.52. The predicted molar refractivity (Wildman–Crippen MR) is 65.0 cm³/mol. The van der Waals surface area contributed by atoms with Gasteiger partial charge in [0.25, 0.3) is 0 Å². The van der Waals surface area contributed by atoms with Gasteiger partial charge in [-0.1, -0.05) is 19.8 Å². The third-order valence-corrected chi connectivity index (χ3v) is 3.83. The van der Waals surface area contributed by atoms with Gasteiger partial charge in [0, 0.05) is 6.54 Å². The van der Waals surface area contributed by atoms with Crippen LogP contribution in [0.3, 0.4) is 0 Å². The van der Waals surface area contributed by atoms with Crippen LogP contribution in [-0.4, -0.2) is 23.8 Å². The molecule has 2 N–H and O–H groups in total. The van der Waals surface area contributed by atoms with Gasteiger partial charge < -0.3 is 10.4 Å². The first-order valence-corrected chi connectivity index (χ1v) is 6.41. The lowest BCUT2D eigenvalue weighted by Gasteiger charge is -2.28. The first kappa shape index (κ1) is 13.0. The van der Waals surface area contributed by atoms with Crippen molar-refractivity contribution < 1.29 is 5.11 Å². The van der Waals surface area contributed by atoms with Crippen molar-refractivity contribution in [1.82, 2.24) is 5.32 Å². The summed E-state index contributed by atoms with van der Waals surface area (Å²) in [4.78, 5) is 0. The molecule has 1 fully saturated rings. The molecule has 0 aromatic rings. The Morgan fingerprint density at radius 3 is 2.33 bits per heavy atom. The molecule has 90 valence electrons. The van der Waals surface area contributed by atoms with Crippen molar-refractivity contribution in [2.45, 2.75) is 64.9 Å². The summed E-state index contributed by atoms with van der Waals surface area (Å²) in [5, 5.41) is 13.1. The number of nitrogens with one attached hydrogen (secondary N) is 1. The average Bonchev–Trinajstić information content (AvgIpc) is 2.60. The fraction of sp³-hybridized carbons (Fsp3) is 1.00. The molecule has 0 amide bonds. The van der Waals surface area contributed by atoms with Crippen molar-refractivity contribution >= 4 is 0 Å². The summed E-state index contributed by atoms with van der Waals surface area (Å²) in [5.74, 6) is 0. The van der Waals surface area contributed by atoms with Gasteiger partial charge in [0.15, 0.2) is 0 Å². The topological polar surface area (TPSA) is 32.3 Å². The van der Waals surface area contributed by atoms with Crippen molar-refractivity contribution in [3.63, 3.8) is 0 Å². The summed E-state index contributed by atoms with van der Waals surface area (Å²) in [6.07, 6.45) is 7.72. The molecule has 0 heterocycles. The average molecular weight is 213 g/mol. The van der Waals surface area contributed by atoms with Gasteiger partial charge in [-0.3, -0.25) is 0 Å². The number of aliphatic hydroxyl groups is 1. The Balaban J connectivity index is 2.18. The Hall–Kier alpha value is -0.0800. The second kappa shape index (κ2) is 5.31. The molecule has 1 aliphatic carbocycles. The van der Waals surface area contributed by atoms with E-state index < -0.39 is 5.60 Å². The third-order valence-electron chi connectivity index (χ3n) is 3.83. The maximum absolute atomic E-state index is 9.59. The molecular weight excluding hydrogens is 186 g/mol. The highest BCUT2D eigenvalue weighted by Crippen LogP contribution is 2.40. The summed E-state index contributed by atoms with van der Waals surface area (Å²) in [7, 11) is 0. The van der Waals surface area contributed by atoms with Crippen molar-refractivity contribution in [2.75, 3.05) is 13.1 Å². The highest BCUT2D eigenvalue weighted by Gasteiger charge is 2.31. The zero-order valence-corrected chi connectivity index (χ0v) is 10.6. The Kier molecular flexibility index (Phi) is 4.60. The zero-order valence-electron chi connectivity index (χ0n) is 10.6.